The summed E-state index contributed by atoms with van der Waals surface area (Å²) in [5.41, 5.74) is -0.848. The average molecular weight is 282 g/mol. The van der Waals surface area contributed by atoms with Crippen molar-refractivity contribution in [1.29, 1.82) is 0 Å². The van der Waals surface area contributed by atoms with Gasteiger partial charge in [-0.3, -0.25) is 14.5 Å². The Morgan fingerprint density at radius 1 is 1.35 bits per heavy atom. The maximum Gasteiger partial charge on any atom is 0.325 e. The van der Waals surface area contributed by atoms with Gasteiger partial charge in [0.05, 0.1) is 0 Å². The van der Waals surface area contributed by atoms with Crippen molar-refractivity contribution in [3.63, 3.8) is 0 Å². The number of nitrogens with zero attached hydrogens (tertiary/aromatic N) is 2. The first-order valence-corrected chi connectivity index (χ1v) is 7.16. The van der Waals surface area contributed by atoms with Crippen molar-refractivity contribution in [2.75, 3.05) is 32.7 Å². The Balaban J connectivity index is 2.07. The first-order valence-electron chi connectivity index (χ1n) is 7.16. The molecule has 1 unspecified atom stereocenters. The van der Waals surface area contributed by atoms with Crippen LogP contribution in [0.25, 0.3) is 0 Å². The van der Waals surface area contributed by atoms with Gasteiger partial charge in [0.25, 0.3) is 5.91 Å². The molecule has 112 valence electrons. The summed E-state index contributed by atoms with van der Waals surface area (Å²) >= 11 is 0. The minimum absolute atomic E-state index is 0.173. The lowest BCUT2D eigenvalue weighted by atomic mass is 9.90. The molecule has 2 rings (SSSR count). The topological polar surface area (TPSA) is 81.8 Å². The smallest absolute Gasteiger partial charge is 0.325 e. The van der Waals surface area contributed by atoms with Crippen molar-refractivity contribution >= 4 is 17.8 Å². The van der Waals surface area contributed by atoms with E-state index in [9.17, 15) is 14.4 Å². The fraction of sp³-hybridized carbons (Fsp3) is 0.769. The number of urea groups is 1. The summed E-state index contributed by atoms with van der Waals surface area (Å²) in [4.78, 5) is 39.2. The van der Waals surface area contributed by atoms with E-state index in [1.54, 1.807) is 4.90 Å². The summed E-state index contributed by atoms with van der Waals surface area (Å²) in [6.45, 7) is 6.02. The SMILES string of the molecule is CCN(CC)C(=O)CN1C(=O)NC2(CCCNC2)C1=O. The zero-order chi connectivity index (χ0) is 14.8. The standard InChI is InChI=1S/C13H22N4O3/c1-3-16(4-2)10(18)8-17-11(19)13(15-12(17)20)6-5-7-14-9-13/h14H,3-9H2,1-2H3,(H,15,20). The highest BCUT2D eigenvalue weighted by molar-refractivity contribution is 6.09. The third-order valence-corrected chi connectivity index (χ3v) is 4.04. The zero-order valence-electron chi connectivity index (χ0n) is 12.1. The van der Waals surface area contributed by atoms with Crippen LogP contribution in [0.3, 0.4) is 0 Å². The molecule has 2 aliphatic heterocycles. The molecule has 0 bridgehead atoms. The molecule has 2 fully saturated rings. The molecule has 0 aliphatic carbocycles. The van der Waals surface area contributed by atoms with Crippen molar-refractivity contribution in [2.45, 2.75) is 32.2 Å². The average Bonchev–Trinajstić information content (AvgIpc) is 2.66. The zero-order valence-corrected chi connectivity index (χ0v) is 12.1. The monoisotopic (exact) mass is 282 g/mol. The number of carbonyl (C=O) groups excluding carboxylic acids is 3. The van der Waals surface area contributed by atoms with E-state index in [1.165, 1.54) is 0 Å². The van der Waals surface area contributed by atoms with E-state index in [-0.39, 0.29) is 18.4 Å². The molecule has 7 heteroatoms. The van der Waals surface area contributed by atoms with E-state index in [1.807, 2.05) is 13.8 Å². The van der Waals surface area contributed by atoms with Crippen LogP contribution in [0.5, 0.6) is 0 Å². The Bertz CT molecular complexity index is 414. The lowest BCUT2D eigenvalue weighted by Gasteiger charge is -2.31. The van der Waals surface area contributed by atoms with E-state index in [0.717, 1.165) is 17.9 Å². The molecule has 0 aromatic heterocycles. The second kappa shape index (κ2) is 5.78. The van der Waals surface area contributed by atoms with Gasteiger partial charge in [0.1, 0.15) is 12.1 Å². The number of rotatable bonds is 4. The minimum atomic E-state index is -0.848. The highest BCUT2D eigenvalue weighted by Crippen LogP contribution is 2.24. The Labute approximate surface area is 118 Å². The molecule has 0 radical (unpaired) electrons. The molecule has 1 spiro atoms. The van der Waals surface area contributed by atoms with Gasteiger partial charge in [-0.15, -0.1) is 0 Å². The molecule has 20 heavy (non-hydrogen) atoms. The Morgan fingerprint density at radius 2 is 2.05 bits per heavy atom. The molecule has 0 aromatic rings. The summed E-state index contributed by atoms with van der Waals surface area (Å²) in [7, 11) is 0. The summed E-state index contributed by atoms with van der Waals surface area (Å²) in [6, 6.07) is -0.459. The van der Waals surface area contributed by atoms with Gasteiger partial charge in [-0.05, 0) is 33.2 Å². The first kappa shape index (κ1) is 14.8. The predicted molar refractivity (Wildman–Crippen MR) is 73.0 cm³/mol. The van der Waals surface area contributed by atoms with E-state index in [2.05, 4.69) is 10.6 Å². The summed E-state index contributed by atoms with van der Waals surface area (Å²) in [6.07, 6.45) is 1.46. The van der Waals surface area contributed by atoms with Crippen LogP contribution in [0.2, 0.25) is 0 Å². The lowest BCUT2D eigenvalue weighted by molar-refractivity contribution is -0.139. The molecular formula is C13H22N4O3. The molecule has 0 aromatic carbocycles. The number of piperidine rings is 1. The normalized spacial score (nSPS) is 26.0. The summed E-state index contributed by atoms with van der Waals surface area (Å²) in [5, 5.41) is 5.88. The highest BCUT2D eigenvalue weighted by atomic mass is 16.2. The quantitative estimate of drug-likeness (QED) is 0.683. The number of hydrogen-bond donors (Lipinski definition) is 2. The van der Waals surface area contributed by atoms with Gasteiger partial charge in [-0.2, -0.15) is 0 Å². The van der Waals surface area contributed by atoms with Crippen molar-refractivity contribution < 1.29 is 14.4 Å². The third kappa shape index (κ3) is 2.49. The van der Waals surface area contributed by atoms with Crippen LogP contribution >= 0.6 is 0 Å². The Kier molecular flexibility index (Phi) is 4.27. The van der Waals surface area contributed by atoms with Crippen LogP contribution in [0.1, 0.15) is 26.7 Å². The molecule has 2 saturated heterocycles. The fourth-order valence-corrected chi connectivity index (χ4v) is 2.83. The number of nitrogens with one attached hydrogen (secondary N) is 2. The Hall–Kier alpha value is -1.63. The Morgan fingerprint density at radius 3 is 2.60 bits per heavy atom. The number of hydrogen-bond acceptors (Lipinski definition) is 4. The highest BCUT2D eigenvalue weighted by Gasteiger charge is 2.51. The van der Waals surface area contributed by atoms with Gasteiger partial charge >= 0.3 is 6.03 Å². The third-order valence-electron chi connectivity index (χ3n) is 4.04. The van der Waals surface area contributed by atoms with Gasteiger partial charge in [-0.1, -0.05) is 0 Å². The first-order chi connectivity index (χ1) is 9.54. The van der Waals surface area contributed by atoms with Gasteiger partial charge in [0.2, 0.25) is 5.91 Å². The van der Waals surface area contributed by atoms with Crippen LogP contribution in [-0.4, -0.2) is 65.9 Å². The van der Waals surface area contributed by atoms with Gasteiger partial charge in [0, 0.05) is 19.6 Å². The predicted octanol–water partition coefficient (Wildman–Crippen LogP) is -0.471. The minimum Gasteiger partial charge on any atom is -0.342 e. The van der Waals surface area contributed by atoms with Crippen LogP contribution in [-0.2, 0) is 9.59 Å². The number of amides is 4. The van der Waals surface area contributed by atoms with E-state index in [4.69, 9.17) is 0 Å². The van der Waals surface area contributed by atoms with Crippen molar-refractivity contribution in [3.05, 3.63) is 0 Å². The largest absolute Gasteiger partial charge is 0.342 e. The fourth-order valence-electron chi connectivity index (χ4n) is 2.83. The van der Waals surface area contributed by atoms with Crippen LogP contribution in [0.15, 0.2) is 0 Å². The number of likely N-dealkylation sites (N-methyl/N-ethyl adjacent to an activating group) is 1. The second-order valence-electron chi connectivity index (χ2n) is 5.25. The van der Waals surface area contributed by atoms with Crippen LogP contribution in [0.4, 0.5) is 4.79 Å². The number of carbonyl (C=O) groups is 3. The molecular weight excluding hydrogens is 260 g/mol. The molecule has 7 nitrogen and oxygen atoms in total. The number of imide groups is 1. The molecule has 2 heterocycles. The molecule has 2 aliphatic rings. The van der Waals surface area contributed by atoms with E-state index < -0.39 is 11.6 Å². The molecule has 2 N–H and O–H groups in total. The van der Waals surface area contributed by atoms with E-state index >= 15 is 0 Å². The van der Waals surface area contributed by atoms with Crippen molar-refractivity contribution in [2.24, 2.45) is 0 Å². The maximum atomic E-state index is 12.5. The van der Waals surface area contributed by atoms with Gasteiger partial charge in [-0.25, -0.2) is 4.79 Å². The summed E-state index contributed by atoms with van der Waals surface area (Å²) < 4.78 is 0. The van der Waals surface area contributed by atoms with Crippen molar-refractivity contribution in [1.82, 2.24) is 20.4 Å². The van der Waals surface area contributed by atoms with Gasteiger partial charge < -0.3 is 15.5 Å². The van der Waals surface area contributed by atoms with Crippen LogP contribution < -0.4 is 10.6 Å². The lowest BCUT2D eigenvalue weighted by Crippen LogP contribution is -2.57. The maximum absolute atomic E-state index is 12.5. The van der Waals surface area contributed by atoms with Gasteiger partial charge in [0.15, 0.2) is 0 Å². The van der Waals surface area contributed by atoms with E-state index in [0.29, 0.717) is 26.1 Å². The molecule has 1 atom stereocenters. The van der Waals surface area contributed by atoms with Crippen LogP contribution in [0, 0.1) is 0 Å². The summed E-state index contributed by atoms with van der Waals surface area (Å²) in [5.74, 6) is -0.477. The second-order valence-corrected chi connectivity index (χ2v) is 5.25. The van der Waals surface area contributed by atoms with Crippen molar-refractivity contribution in [3.8, 4) is 0 Å². The molecule has 0 saturated carbocycles. The molecule has 4 amide bonds.